The Balaban J connectivity index is 2.14. The van der Waals surface area contributed by atoms with Crippen LogP contribution in [0.25, 0.3) is 0 Å². The average Bonchev–Trinajstić information content (AvgIpc) is 2.59. The van der Waals surface area contributed by atoms with Gasteiger partial charge < -0.3 is 15.2 Å². The topological polar surface area (TPSA) is 58.6 Å². The molecule has 1 aliphatic heterocycles. The van der Waals surface area contributed by atoms with Crippen LogP contribution in [0.3, 0.4) is 0 Å². The number of carbonyl (C=O) groups is 1. The minimum atomic E-state index is -0.260. The van der Waals surface area contributed by atoms with Gasteiger partial charge in [-0.05, 0) is 25.2 Å². The second-order valence-electron chi connectivity index (χ2n) is 3.78. The third-order valence-corrected chi connectivity index (χ3v) is 2.53. The summed E-state index contributed by atoms with van der Waals surface area (Å²) in [7, 11) is 0. The van der Waals surface area contributed by atoms with Crippen LogP contribution in [0.15, 0.2) is 0 Å². The molecule has 82 valence electrons. The van der Waals surface area contributed by atoms with Gasteiger partial charge in [-0.3, -0.25) is 4.79 Å². The van der Waals surface area contributed by atoms with Gasteiger partial charge in [0, 0.05) is 19.8 Å². The van der Waals surface area contributed by atoms with E-state index in [-0.39, 0.29) is 18.6 Å². The number of amides is 1. The molecule has 0 aromatic rings. The van der Waals surface area contributed by atoms with Gasteiger partial charge in [-0.2, -0.15) is 0 Å². The first kappa shape index (κ1) is 11.5. The van der Waals surface area contributed by atoms with Crippen LogP contribution in [0.2, 0.25) is 0 Å². The number of aliphatic hydroxyl groups is 1. The zero-order valence-corrected chi connectivity index (χ0v) is 8.66. The molecular weight excluding hydrogens is 182 g/mol. The molecule has 0 aromatic carbocycles. The number of rotatable bonds is 5. The standard InChI is InChI=1S/C10H19NO3/c1-8-4-7-14-9(8)10(13)11-5-2-3-6-12/h8-9,12H,2-7H2,1H3,(H,11,13). The lowest BCUT2D eigenvalue weighted by Crippen LogP contribution is -2.37. The number of ether oxygens (including phenoxy) is 1. The Bertz CT molecular complexity index is 184. The predicted molar refractivity (Wildman–Crippen MR) is 52.9 cm³/mol. The zero-order chi connectivity index (χ0) is 10.4. The summed E-state index contributed by atoms with van der Waals surface area (Å²) >= 11 is 0. The van der Waals surface area contributed by atoms with Crippen molar-refractivity contribution in [2.75, 3.05) is 19.8 Å². The SMILES string of the molecule is CC1CCOC1C(=O)NCCCCO. The lowest BCUT2D eigenvalue weighted by molar-refractivity contribution is -0.131. The molecule has 0 radical (unpaired) electrons. The van der Waals surface area contributed by atoms with Gasteiger partial charge in [-0.1, -0.05) is 6.92 Å². The Labute approximate surface area is 84.6 Å². The van der Waals surface area contributed by atoms with Crippen LogP contribution in [-0.2, 0) is 9.53 Å². The van der Waals surface area contributed by atoms with Crippen molar-refractivity contribution in [1.29, 1.82) is 0 Å². The molecule has 1 amide bonds. The number of hydrogen-bond donors (Lipinski definition) is 2. The smallest absolute Gasteiger partial charge is 0.249 e. The number of hydrogen-bond acceptors (Lipinski definition) is 3. The summed E-state index contributed by atoms with van der Waals surface area (Å²) in [5.41, 5.74) is 0. The molecule has 0 saturated carbocycles. The molecule has 0 spiro atoms. The highest BCUT2D eigenvalue weighted by atomic mass is 16.5. The first-order valence-electron chi connectivity index (χ1n) is 5.26. The minimum Gasteiger partial charge on any atom is -0.396 e. The van der Waals surface area contributed by atoms with Gasteiger partial charge in [0.15, 0.2) is 0 Å². The van der Waals surface area contributed by atoms with Gasteiger partial charge in [0.1, 0.15) is 6.10 Å². The maximum atomic E-state index is 11.5. The van der Waals surface area contributed by atoms with E-state index < -0.39 is 0 Å². The van der Waals surface area contributed by atoms with Crippen LogP contribution in [0, 0.1) is 5.92 Å². The summed E-state index contributed by atoms with van der Waals surface area (Å²) < 4.78 is 5.32. The normalized spacial score (nSPS) is 26.4. The average molecular weight is 201 g/mol. The maximum absolute atomic E-state index is 11.5. The molecule has 0 aliphatic carbocycles. The lowest BCUT2D eigenvalue weighted by atomic mass is 10.0. The summed E-state index contributed by atoms with van der Waals surface area (Å²) in [5.74, 6) is 0.320. The molecular formula is C10H19NO3. The molecule has 0 bridgehead atoms. The van der Waals surface area contributed by atoms with Crippen LogP contribution in [0.4, 0.5) is 0 Å². The number of unbranched alkanes of at least 4 members (excludes halogenated alkanes) is 1. The molecule has 14 heavy (non-hydrogen) atoms. The largest absolute Gasteiger partial charge is 0.396 e. The molecule has 2 unspecified atom stereocenters. The van der Waals surface area contributed by atoms with Gasteiger partial charge >= 0.3 is 0 Å². The summed E-state index contributed by atoms with van der Waals surface area (Å²) in [6.45, 7) is 3.54. The molecule has 1 aliphatic rings. The van der Waals surface area contributed by atoms with Crippen LogP contribution in [0.5, 0.6) is 0 Å². The summed E-state index contributed by atoms with van der Waals surface area (Å²) in [5, 5.41) is 11.4. The fraction of sp³-hybridized carbons (Fsp3) is 0.900. The number of aliphatic hydroxyl groups excluding tert-OH is 1. The Morgan fingerprint density at radius 2 is 2.36 bits per heavy atom. The van der Waals surface area contributed by atoms with Crippen molar-refractivity contribution in [3.05, 3.63) is 0 Å². The molecule has 4 nitrogen and oxygen atoms in total. The fourth-order valence-corrected chi connectivity index (χ4v) is 1.58. The van der Waals surface area contributed by atoms with E-state index in [1.54, 1.807) is 0 Å². The third-order valence-electron chi connectivity index (χ3n) is 2.53. The van der Waals surface area contributed by atoms with Gasteiger partial charge in [-0.15, -0.1) is 0 Å². The van der Waals surface area contributed by atoms with E-state index in [2.05, 4.69) is 5.32 Å². The maximum Gasteiger partial charge on any atom is 0.249 e. The van der Waals surface area contributed by atoms with Crippen LogP contribution >= 0.6 is 0 Å². The Morgan fingerprint density at radius 3 is 2.93 bits per heavy atom. The van der Waals surface area contributed by atoms with E-state index in [4.69, 9.17) is 9.84 Å². The fourth-order valence-electron chi connectivity index (χ4n) is 1.58. The molecule has 1 saturated heterocycles. The van der Waals surface area contributed by atoms with Crippen LogP contribution in [-0.4, -0.2) is 36.9 Å². The first-order chi connectivity index (χ1) is 6.75. The quantitative estimate of drug-likeness (QED) is 0.629. The van der Waals surface area contributed by atoms with Gasteiger partial charge in [0.05, 0.1) is 0 Å². The third kappa shape index (κ3) is 3.27. The lowest BCUT2D eigenvalue weighted by Gasteiger charge is -2.14. The monoisotopic (exact) mass is 201 g/mol. The van der Waals surface area contributed by atoms with Gasteiger partial charge in [0.2, 0.25) is 5.91 Å². The van der Waals surface area contributed by atoms with Crippen molar-refractivity contribution in [2.45, 2.75) is 32.3 Å². The molecule has 1 fully saturated rings. The van der Waals surface area contributed by atoms with E-state index in [9.17, 15) is 4.79 Å². The number of carbonyl (C=O) groups excluding carboxylic acids is 1. The molecule has 4 heteroatoms. The van der Waals surface area contributed by atoms with Crippen molar-refractivity contribution in [3.8, 4) is 0 Å². The van der Waals surface area contributed by atoms with E-state index in [1.165, 1.54) is 0 Å². The van der Waals surface area contributed by atoms with E-state index in [1.807, 2.05) is 6.92 Å². The van der Waals surface area contributed by atoms with Gasteiger partial charge in [0.25, 0.3) is 0 Å². The molecule has 1 heterocycles. The second kappa shape index (κ2) is 5.98. The van der Waals surface area contributed by atoms with Crippen molar-refractivity contribution in [1.82, 2.24) is 5.32 Å². The minimum absolute atomic E-state index is 0.00654. The summed E-state index contributed by atoms with van der Waals surface area (Å²) in [6, 6.07) is 0. The Morgan fingerprint density at radius 1 is 1.57 bits per heavy atom. The van der Waals surface area contributed by atoms with E-state index >= 15 is 0 Å². The zero-order valence-electron chi connectivity index (χ0n) is 8.66. The highest BCUT2D eigenvalue weighted by molar-refractivity contribution is 5.81. The summed E-state index contributed by atoms with van der Waals surface area (Å²) in [6.07, 6.45) is 2.27. The first-order valence-corrected chi connectivity index (χ1v) is 5.26. The molecule has 2 N–H and O–H groups in total. The van der Waals surface area contributed by atoms with Crippen LogP contribution < -0.4 is 5.32 Å². The Hall–Kier alpha value is -0.610. The van der Waals surface area contributed by atoms with Crippen LogP contribution in [0.1, 0.15) is 26.2 Å². The van der Waals surface area contributed by atoms with Crippen molar-refractivity contribution >= 4 is 5.91 Å². The Kier molecular flexibility index (Phi) is 4.90. The van der Waals surface area contributed by atoms with Crippen molar-refractivity contribution < 1.29 is 14.6 Å². The molecule has 0 aromatic heterocycles. The second-order valence-corrected chi connectivity index (χ2v) is 3.78. The van der Waals surface area contributed by atoms with E-state index in [0.717, 1.165) is 19.3 Å². The molecule has 1 rings (SSSR count). The van der Waals surface area contributed by atoms with Gasteiger partial charge in [-0.25, -0.2) is 0 Å². The summed E-state index contributed by atoms with van der Waals surface area (Å²) in [4.78, 5) is 11.5. The highest BCUT2D eigenvalue weighted by Crippen LogP contribution is 2.19. The van der Waals surface area contributed by atoms with Crippen molar-refractivity contribution in [3.63, 3.8) is 0 Å². The highest BCUT2D eigenvalue weighted by Gasteiger charge is 2.30. The molecule has 2 atom stereocenters. The van der Waals surface area contributed by atoms with Crippen molar-refractivity contribution in [2.24, 2.45) is 5.92 Å². The van der Waals surface area contributed by atoms with E-state index in [0.29, 0.717) is 19.1 Å². The number of nitrogens with one attached hydrogen (secondary N) is 1. The predicted octanol–water partition coefficient (Wildman–Crippen LogP) is 0.300.